The standard InChI is InChI=1S/C15H17Cl2N4O2P/c1-9(14(22)18-7-10-2-4-11(16)5-3-10)19-13-6-12(8-23-24)20-15(17)21-13/h2-6,9H,7-8,24H2,1H3,(H,18,22)(H,19,20,21)/t9-/m1/s1. The third-order valence-electron chi connectivity index (χ3n) is 3.12. The van der Waals surface area contributed by atoms with Crippen LogP contribution in [0.3, 0.4) is 0 Å². The van der Waals surface area contributed by atoms with Gasteiger partial charge in [-0.05, 0) is 36.2 Å². The molecule has 0 saturated carbocycles. The van der Waals surface area contributed by atoms with Crippen LogP contribution in [-0.2, 0) is 22.5 Å². The summed E-state index contributed by atoms with van der Waals surface area (Å²) in [6.07, 6.45) is 0. The van der Waals surface area contributed by atoms with E-state index in [-0.39, 0.29) is 17.8 Å². The van der Waals surface area contributed by atoms with Crippen LogP contribution in [0.2, 0.25) is 10.3 Å². The average molecular weight is 387 g/mol. The van der Waals surface area contributed by atoms with Crippen molar-refractivity contribution < 1.29 is 9.32 Å². The van der Waals surface area contributed by atoms with Crippen LogP contribution in [0, 0.1) is 0 Å². The molecule has 9 heteroatoms. The molecule has 0 aliphatic carbocycles. The summed E-state index contributed by atoms with van der Waals surface area (Å²) in [5.41, 5.74) is 1.58. The van der Waals surface area contributed by atoms with Gasteiger partial charge >= 0.3 is 0 Å². The van der Waals surface area contributed by atoms with Crippen LogP contribution >= 0.6 is 32.7 Å². The molecule has 2 aromatic rings. The molecule has 0 spiro atoms. The summed E-state index contributed by atoms with van der Waals surface area (Å²) >= 11 is 11.7. The molecular weight excluding hydrogens is 370 g/mol. The fourth-order valence-corrected chi connectivity index (χ4v) is 2.43. The molecule has 128 valence electrons. The van der Waals surface area contributed by atoms with E-state index in [2.05, 4.69) is 30.1 Å². The monoisotopic (exact) mass is 386 g/mol. The zero-order valence-corrected chi connectivity index (χ0v) is 15.6. The Kier molecular flexibility index (Phi) is 7.18. The minimum absolute atomic E-state index is 0.0887. The summed E-state index contributed by atoms with van der Waals surface area (Å²) in [7, 11) is 2.14. The molecule has 1 heterocycles. The lowest BCUT2D eigenvalue weighted by atomic mass is 10.2. The van der Waals surface area contributed by atoms with E-state index < -0.39 is 6.04 Å². The fourth-order valence-electron chi connectivity index (χ4n) is 1.93. The smallest absolute Gasteiger partial charge is 0.242 e. The van der Waals surface area contributed by atoms with Crippen LogP contribution in [0.15, 0.2) is 30.3 Å². The summed E-state index contributed by atoms with van der Waals surface area (Å²) in [6, 6.07) is 8.47. The lowest BCUT2D eigenvalue weighted by Gasteiger charge is -2.15. The molecule has 1 aromatic heterocycles. The van der Waals surface area contributed by atoms with E-state index in [4.69, 9.17) is 27.7 Å². The maximum atomic E-state index is 12.2. The molecule has 2 atom stereocenters. The van der Waals surface area contributed by atoms with Crippen molar-refractivity contribution in [2.24, 2.45) is 0 Å². The Balaban J connectivity index is 1.92. The molecule has 0 fully saturated rings. The van der Waals surface area contributed by atoms with Gasteiger partial charge in [0.1, 0.15) is 11.9 Å². The third-order valence-corrected chi connectivity index (χ3v) is 3.71. The first-order valence-corrected chi connectivity index (χ1v) is 8.34. The highest BCUT2D eigenvalue weighted by Gasteiger charge is 2.14. The predicted molar refractivity (Wildman–Crippen MR) is 97.9 cm³/mol. The number of nitrogens with zero attached hydrogens (tertiary/aromatic N) is 2. The Morgan fingerprint density at radius 1 is 1.29 bits per heavy atom. The van der Waals surface area contributed by atoms with Crippen molar-refractivity contribution >= 4 is 44.4 Å². The molecule has 24 heavy (non-hydrogen) atoms. The van der Waals surface area contributed by atoms with E-state index >= 15 is 0 Å². The second-order valence-electron chi connectivity index (χ2n) is 5.03. The van der Waals surface area contributed by atoms with Crippen molar-refractivity contribution in [3.63, 3.8) is 0 Å². The quantitative estimate of drug-likeness (QED) is 0.564. The van der Waals surface area contributed by atoms with Crippen LogP contribution in [0.1, 0.15) is 18.2 Å². The highest BCUT2D eigenvalue weighted by molar-refractivity contribution is 7.09. The topological polar surface area (TPSA) is 76.1 Å². The van der Waals surface area contributed by atoms with Crippen molar-refractivity contribution in [3.8, 4) is 0 Å². The first-order chi connectivity index (χ1) is 11.5. The van der Waals surface area contributed by atoms with Crippen molar-refractivity contribution in [2.75, 3.05) is 5.32 Å². The summed E-state index contributed by atoms with van der Waals surface area (Å²) < 4.78 is 4.94. The lowest BCUT2D eigenvalue weighted by Crippen LogP contribution is -2.37. The Morgan fingerprint density at radius 2 is 2.00 bits per heavy atom. The molecule has 2 N–H and O–H groups in total. The number of halogens is 2. The van der Waals surface area contributed by atoms with Gasteiger partial charge in [0.05, 0.1) is 12.3 Å². The lowest BCUT2D eigenvalue weighted by molar-refractivity contribution is -0.121. The highest BCUT2D eigenvalue weighted by atomic mass is 35.5. The number of aromatic nitrogens is 2. The predicted octanol–water partition coefficient (Wildman–Crippen LogP) is 3.21. The Hall–Kier alpha value is -1.46. The third kappa shape index (κ3) is 5.87. The van der Waals surface area contributed by atoms with E-state index in [0.29, 0.717) is 23.1 Å². The van der Waals surface area contributed by atoms with Gasteiger partial charge in [0.2, 0.25) is 11.2 Å². The maximum absolute atomic E-state index is 12.2. The number of hydrogen-bond donors (Lipinski definition) is 2. The van der Waals surface area contributed by atoms with Gasteiger partial charge in [-0.3, -0.25) is 4.79 Å². The molecule has 0 saturated heterocycles. The SMILES string of the molecule is C[C@@H](Nc1cc(COP)nc(Cl)n1)C(=O)NCc1ccc(Cl)cc1. The van der Waals surface area contributed by atoms with Crippen LogP contribution < -0.4 is 10.6 Å². The van der Waals surface area contributed by atoms with Gasteiger partial charge in [-0.1, -0.05) is 23.7 Å². The van der Waals surface area contributed by atoms with Gasteiger partial charge in [-0.15, -0.1) is 0 Å². The first kappa shape index (κ1) is 18.9. The minimum atomic E-state index is -0.493. The van der Waals surface area contributed by atoms with E-state index in [0.717, 1.165) is 5.56 Å². The molecular formula is C15H17Cl2N4O2P. The van der Waals surface area contributed by atoms with Crippen LogP contribution in [0.5, 0.6) is 0 Å². The first-order valence-electron chi connectivity index (χ1n) is 7.11. The number of benzene rings is 1. The van der Waals surface area contributed by atoms with Crippen molar-refractivity contribution in [1.82, 2.24) is 15.3 Å². The molecule has 2 rings (SSSR count). The molecule has 0 aliphatic rings. The average Bonchev–Trinajstić information content (AvgIpc) is 2.53. The summed E-state index contributed by atoms with van der Waals surface area (Å²) in [5.74, 6) is 0.296. The van der Waals surface area contributed by atoms with Crippen LogP contribution in [-0.4, -0.2) is 21.9 Å². The van der Waals surface area contributed by atoms with E-state index in [1.165, 1.54) is 0 Å². The van der Waals surface area contributed by atoms with Gasteiger partial charge in [-0.2, -0.15) is 0 Å². The Labute approximate surface area is 152 Å². The number of anilines is 1. The summed E-state index contributed by atoms with van der Waals surface area (Å²) in [5, 5.41) is 6.59. The molecule has 0 bridgehead atoms. The van der Waals surface area contributed by atoms with Crippen molar-refractivity contribution in [3.05, 3.63) is 51.9 Å². The van der Waals surface area contributed by atoms with Crippen molar-refractivity contribution in [1.29, 1.82) is 0 Å². The summed E-state index contributed by atoms with van der Waals surface area (Å²) in [4.78, 5) is 20.3. The summed E-state index contributed by atoms with van der Waals surface area (Å²) in [6.45, 7) is 2.43. The molecule has 0 aliphatic heterocycles. The van der Waals surface area contributed by atoms with Gasteiger partial charge in [-0.25, -0.2) is 9.97 Å². The molecule has 6 nitrogen and oxygen atoms in total. The minimum Gasteiger partial charge on any atom is -0.359 e. The fraction of sp³-hybridized carbons (Fsp3) is 0.267. The number of rotatable bonds is 7. The van der Waals surface area contributed by atoms with Crippen LogP contribution in [0.25, 0.3) is 0 Å². The molecule has 0 radical (unpaired) electrons. The largest absolute Gasteiger partial charge is 0.359 e. The maximum Gasteiger partial charge on any atom is 0.242 e. The number of carbonyl (C=O) groups excluding carboxylic acids is 1. The molecule has 1 amide bonds. The Morgan fingerprint density at radius 3 is 2.67 bits per heavy atom. The van der Waals surface area contributed by atoms with Crippen LogP contribution in [0.4, 0.5) is 5.82 Å². The second-order valence-corrected chi connectivity index (χ2v) is 6.14. The number of hydrogen-bond acceptors (Lipinski definition) is 5. The highest BCUT2D eigenvalue weighted by Crippen LogP contribution is 2.13. The van der Waals surface area contributed by atoms with E-state index in [9.17, 15) is 4.79 Å². The van der Waals surface area contributed by atoms with Gasteiger partial charge in [0.25, 0.3) is 0 Å². The zero-order valence-electron chi connectivity index (χ0n) is 12.9. The van der Waals surface area contributed by atoms with Crippen molar-refractivity contribution in [2.45, 2.75) is 26.1 Å². The van der Waals surface area contributed by atoms with Gasteiger partial charge in [0.15, 0.2) is 0 Å². The number of carbonyl (C=O) groups is 1. The van der Waals surface area contributed by atoms with E-state index in [1.54, 1.807) is 25.1 Å². The van der Waals surface area contributed by atoms with Gasteiger partial charge in [0, 0.05) is 27.1 Å². The molecule has 1 unspecified atom stereocenters. The Bertz CT molecular complexity index is 700. The van der Waals surface area contributed by atoms with Gasteiger partial charge < -0.3 is 15.2 Å². The number of nitrogens with one attached hydrogen (secondary N) is 2. The number of amides is 1. The molecule has 1 aromatic carbocycles. The second kappa shape index (κ2) is 9.14. The normalized spacial score (nSPS) is 11.8. The zero-order chi connectivity index (χ0) is 17.5. The van der Waals surface area contributed by atoms with E-state index in [1.807, 2.05) is 12.1 Å².